The molecule has 1 heterocycles. The molecule has 6 heteroatoms. The summed E-state index contributed by atoms with van der Waals surface area (Å²) >= 11 is 0. The smallest absolute Gasteiger partial charge is 0.254 e. The van der Waals surface area contributed by atoms with Gasteiger partial charge in [0.25, 0.3) is 11.8 Å². The van der Waals surface area contributed by atoms with Gasteiger partial charge >= 0.3 is 0 Å². The van der Waals surface area contributed by atoms with Crippen molar-refractivity contribution in [3.63, 3.8) is 0 Å². The molecule has 1 aromatic rings. The van der Waals surface area contributed by atoms with E-state index in [0.29, 0.717) is 17.4 Å². The Morgan fingerprint density at radius 2 is 1.67 bits per heavy atom. The molecule has 0 unspecified atom stereocenters. The van der Waals surface area contributed by atoms with E-state index < -0.39 is 0 Å². The predicted molar refractivity (Wildman–Crippen MR) is 83.9 cm³/mol. The number of hydrogen-bond acceptors (Lipinski definition) is 5. The van der Waals surface area contributed by atoms with Gasteiger partial charge in [0.05, 0.1) is 18.1 Å². The molecule has 1 aromatic carbocycles. The highest BCUT2D eigenvalue weighted by Gasteiger charge is 2.67. The van der Waals surface area contributed by atoms with Crippen LogP contribution in [-0.2, 0) is 9.59 Å². The number of phenols is 2. The van der Waals surface area contributed by atoms with Gasteiger partial charge in [-0.2, -0.15) is 10.1 Å². The lowest BCUT2D eigenvalue weighted by Gasteiger charge is -2.37. The van der Waals surface area contributed by atoms with Gasteiger partial charge < -0.3 is 10.2 Å². The molecule has 4 aliphatic carbocycles. The predicted octanol–water partition coefficient (Wildman–Crippen LogP) is 1.48. The minimum Gasteiger partial charge on any atom is -0.508 e. The highest BCUT2D eigenvalue weighted by atomic mass is 16.3. The molecule has 0 radical (unpaired) electrons. The fourth-order valence-corrected chi connectivity index (χ4v) is 4.82. The third-order valence-electron chi connectivity index (χ3n) is 5.97. The number of benzene rings is 1. The summed E-state index contributed by atoms with van der Waals surface area (Å²) in [6, 6.07) is 4.07. The maximum atomic E-state index is 12.7. The Morgan fingerprint density at radius 1 is 1.04 bits per heavy atom. The lowest BCUT2D eigenvalue weighted by Crippen LogP contribution is -2.40. The lowest BCUT2D eigenvalue weighted by atomic mass is 9.63. The molecule has 2 saturated carbocycles. The van der Waals surface area contributed by atoms with E-state index in [4.69, 9.17) is 0 Å². The largest absolute Gasteiger partial charge is 0.508 e. The molecule has 5 aliphatic rings. The molecule has 2 N–H and O–H groups in total. The third kappa shape index (κ3) is 1.68. The minimum atomic E-state index is -0.276. The fraction of sp³-hybridized carbons (Fsp3) is 0.389. The Balaban J connectivity index is 1.45. The first kappa shape index (κ1) is 13.8. The van der Waals surface area contributed by atoms with Crippen LogP contribution in [0.1, 0.15) is 12.0 Å². The number of carbonyl (C=O) groups excluding carboxylic acids is 2. The summed E-state index contributed by atoms with van der Waals surface area (Å²) in [6.45, 7) is 0. The van der Waals surface area contributed by atoms with Crippen LogP contribution in [0.15, 0.2) is 35.5 Å². The van der Waals surface area contributed by atoms with Crippen molar-refractivity contribution >= 4 is 18.0 Å². The average molecular weight is 324 g/mol. The Bertz CT molecular complexity index is 794. The van der Waals surface area contributed by atoms with E-state index in [0.717, 1.165) is 11.4 Å². The first-order valence-electron chi connectivity index (χ1n) is 8.18. The summed E-state index contributed by atoms with van der Waals surface area (Å²) < 4.78 is 0. The maximum Gasteiger partial charge on any atom is 0.254 e. The zero-order chi connectivity index (χ0) is 16.6. The quantitative estimate of drug-likeness (QED) is 0.490. The van der Waals surface area contributed by atoms with Crippen molar-refractivity contribution in [3.05, 3.63) is 35.9 Å². The van der Waals surface area contributed by atoms with Gasteiger partial charge in [0.1, 0.15) is 11.5 Å². The van der Waals surface area contributed by atoms with Crippen molar-refractivity contribution in [1.82, 2.24) is 5.01 Å². The second-order valence-corrected chi connectivity index (χ2v) is 7.13. The van der Waals surface area contributed by atoms with E-state index in [1.54, 1.807) is 0 Å². The monoisotopic (exact) mass is 324 g/mol. The standard InChI is InChI=1S/C18H16N2O4/c21-9-2-1-8(14(22)5-9)7-19-20-17(23)15-10-3-4-11(13-6-12(10)13)16(15)18(20)24/h1-5,7,10-13,15-16,21-22H,6H2/b19-7-/t10-,11-,12-,13+,15+,16+/m0/s1. The first-order valence-corrected chi connectivity index (χ1v) is 8.18. The van der Waals surface area contributed by atoms with E-state index in [9.17, 15) is 19.8 Å². The van der Waals surface area contributed by atoms with Crippen molar-refractivity contribution in [2.45, 2.75) is 6.42 Å². The highest BCUT2D eigenvalue weighted by molar-refractivity contribution is 6.06. The van der Waals surface area contributed by atoms with Gasteiger partial charge in [0.15, 0.2) is 0 Å². The highest BCUT2D eigenvalue weighted by Crippen LogP contribution is 2.65. The van der Waals surface area contributed by atoms with Crippen LogP contribution in [0.5, 0.6) is 11.5 Å². The Hall–Kier alpha value is -2.63. The van der Waals surface area contributed by atoms with Crippen LogP contribution in [0.3, 0.4) is 0 Å². The minimum absolute atomic E-state index is 0.0640. The van der Waals surface area contributed by atoms with Crippen LogP contribution in [0.2, 0.25) is 0 Å². The van der Waals surface area contributed by atoms with Gasteiger partial charge in [-0.25, -0.2) is 0 Å². The zero-order valence-electron chi connectivity index (χ0n) is 12.7. The Kier molecular flexibility index (Phi) is 2.56. The zero-order valence-corrected chi connectivity index (χ0v) is 12.7. The Labute approximate surface area is 138 Å². The molecule has 3 fully saturated rings. The molecule has 6 atom stereocenters. The van der Waals surface area contributed by atoms with E-state index in [1.807, 2.05) is 0 Å². The molecule has 24 heavy (non-hydrogen) atoms. The summed E-state index contributed by atoms with van der Waals surface area (Å²) in [5.41, 5.74) is 0.340. The number of nitrogens with zero attached hydrogens (tertiary/aromatic N) is 2. The van der Waals surface area contributed by atoms with Crippen molar-refractivity contribution in [3.8, 4) is 11.5 Å². The molecule has 2 amide bonds. The average Bonchev–Trinajstić information content (AvgIpc) is 3.33. The van der Waals surface area contributed by atoms with Crippen LogP contribution in [0.25, 0.3) is 0 Å². The summed E-state index contributed by atoms with van der Waals surface area (Å²) in [4.78, 5) is 25.4. The topological polar surface area (TPSA) is 90.2 Å². The molecular formula is C18H16N2O4. The van der Waals surface area contributed by atoms with Crippen LogP contribution >= 0.6 is 0 Å². The number of hydrazone groups is 1. The fourth-order valence-electron chi connectivity index (χ4n) is 4.82. The summed E-state index contributed by atoms with van der Waals surface area (Å²) in [7, 11) is 0. The number of phenolic OH excluding ortho intramolecular Hbond substituents is 2. The SMILES string of the molecule is O=C1[C@@H]2[C@H]3C=C[C@@H]([C@@H]4C[C@H]34)[C@H]2C(=O)N1/N=C\c1ccc(O)cc1O. The number of allylic oxidation sites excluding steroid dienone is 2. The third-order valence-corrected chi connectivity index (χ3v) is 5.97. The van der Waals surface area contributed by atoms with Crippen LogP contribution in [0, 0.1) is 35.5 Å². The van der Waals surface area contributed by atoms with Crippen LogP contribution < -0.4 is 0 Å². The van der Waals surface area contributed by atoms with Crippen LogP contribution in [0.4, 0.5) is 0 Å². The number of hydrogen-bond donors (Lipinski definition) is 2. The maximum absolute atomic E-state index is 12.7. The molecular weight excluding hydrogens is 308 g/mol. The second-order valence-electron chi connectivity index (χ2n) is 7.13. The van der Waals surface area contributed by atoms with E-state index in [-0.39, 0.29) is 47.0 Å². The Morgan fingerprint density at radius 3 is 2.25 bits per heavy atom. The number of imide groups is 1. The van der Waals surface area contributed by atoms with Gasteiger partial charge in [-0.15, -0.1) is 0 Å². The normalized spacial score (nSPS) is 38.8. The number of amides is 2. The number of aromatic hydroxyl groups is 2. The van der Waals surface area contributed by atoms with Gasteiger partial charge in [0, 0.05) is 11.6 Å². The first-order chi connectivity index (χ1) is 11.6. The summed E-state index contributed by atoms with van der Waals surface area (Å²) in [5, 5.41) is 24.1. The van der Waals surface area contributed by atoms with E-state index >= 15 is 0 Å². The lowest BCUT2D eigenvalue weighted by molar-refractivity contribution is -0.140. The van der Waals surface area contributed by atoms with Crippen molar-refractivity contribution in [1.29, 1.82) is 0 Å². The van der Waals surface area contributed by atoms with Crippen LogP contribution in [-0.4, -0.2) is 33.3 Å². The van der Waals surface area contributed by atoms with Crippen molar-refractivity contribution in [2.24, 2.45) is 40.6 Å². The van der Waals surface area contributed by atoms with Gasteiger partial charge in [0.2, 0.25) is 0 Å². The molecule has 1 aliphatic heterocycles. The molecule has 0 aromatic heterocycles. The van der Waals surface area contributed by atoms with Crippen molar-refractivity contribution in [2.75, 3.05) is 0 Å². The molecule has 1 saturated heterocycles. The molecule has 6 rings (SSSR count). The number of rotatable bonds is 2. The van der Waals surface area contributed by atoms with Crippen molar-refractivity contribution < 1.29 is 19.8 Å². The molecule has 0 spiro atoms. The summed E-state index contributed by atoms with van der Waals surface area (Å²) in [5.74, 6) is 0.222. The molecule has 122 valence electrons. The molecule has 6 nitrogen and oxygen atoms in total. The van der Waals surface area contributed by atoms with E-state index in [1.165, 1.54) is 24.4 Å². The van der Waals surface area contributed by atoms with E-state index in [2.05, 4.69) is 17.3 Å². The molecule has 2 bridgehead atoms. The summed E-state index contributed by atoms with van der Waals surface area (Å²) in [6.07, 6.45) is 6.65. The van der Waals surface area contributed by atoms with Gasteiger partial charge in [-0.3, -0.25) is 9.59 Å². The van der Waals surface area contributed by atoms with Gasteiger partial charge in [-0.1, -0.05) is 12.2 Å². The second kappa shape index (κ2) is 4.47. The van der Waals surface area contributed by atoms with Gasteiger partial charge in [-0.05, 0) is 42.2 Å². The number of carbonyl (C=O) groups is 2.